The van der Waals surface area contributed by atoms with Gasteiger partial charge >= 0.3 is 6.47 Å². The molecule has 0 aliphatic rings. The summed E-state index contributed by atoms with van der Waals surface area (Å²) in [6, 6.07) is 0. The number of unbranched alkanes of at least 4 members (excludes halogenated alkanes) is 2. The SMILES string of the molecule is CCCCC#COC=O. The molecule has 50 valence electrons. The summed E-state index contributed by atoms with van der Waals surface area (Å²) in [5, 5.41) is 0. The van der Waals surface area contributed by atoms with E-state index in [0.717, 1.165) is 19.3 Å². The Labute approximate surface area is 55.2 Å². The van der Waals surface area contributed by atoms with Gasteiger partial charge in [-0.25, -0.2) is 0 Å². The first kappa shape index (κ1) is 8.03. The second-order valence-corrected chi connectivity index (χ2v) is 1.60. The molecule has 0 saturated heterocycles. The Hall–Kier alpha value is -0.970. The van der Waals surface area contributed by atoms with Gasteiger partial charge in [0.2, 0.25) is 0 Å². The quantitative estimate of drug-likeness (QED) is 0.324. The molecule has 0 fully saturated rings. The van der Waals surface area contributed by atoms with Crippen LogP contribution in [-0.2, 0) is 9.53 Å². The van der Waals surface area contributed by atoms with Crippen molar-refractivity contribution in [3.05, 3.63) is 0 Å². The van der Waals surface area contributed by atoms with Crippen molar-refractivity contribution in [3.63, 3.8) is 0 Å². The molecule has 0 aromatic heterocycles. The average Bonchev–Trinajstić information content (AvgIpc) is 1.89. The molecule has 0 aliphatic carbocycles. The van der Waals surface area contributed by atoms with E-state index < -0.39 is 0 Å². The second kappa shape index (κ2) is 7.03. The molecule has 0 spiro atoms. The highest BCUT2D eigenvalue weighted by molar-refractivity contribution is 5.39. The average molecular weight is 126 g/mol. The first-order valence-electron chi connectivity index (χ1n) is 2.99. The van der Waals surface area contributed by atoms with E-state index >= 15 is 0 Å². The van der Waals surface area contributed by atoms with Gasteiger partial charge < -0.3 is 4.74 Å². The van der Waals surface area contributed by atoms with Crippen molar-refractivity contribution in [3.8, 4) is 12.0 Å². The van der Waals surface area contributed by atoms with Crippen molar-refractivity contribution in [2.45, 2.75) is 26.2 Å². The predicted molar refractivity (Wildman–Crippen MR) is 34.4 cm³/mol. The van der Waals surface area contributed by atoms with Crippen molar-refractivity contribution in [1.29, 1.82) is 0 Å². The lowest BCUT2D eigenvalue weighted by molar-refractivity contribution is -0.122. The standard InChI is InChI=1S/C7H10O2/c1-2-3-4-5-6-9-7-8/h7H,2-4H2,1H3. The van der Waals surface area contributed by atoms with Gasteiger partial charge in [-0.15, -0.1) is 0 Å². The highest BCUT2D eigenvalue weighted by atomic mass is 16.5. The molecule has 0 aromatic carbocycles. The van der Waals surface area contributed by atoms with Gasteiger partial charge in [0.05, 0.1) is 0 Å². The molecule has 0 bridgehead atoms. The lowest BCUT2D eigenvalue weighted by Crippen LogP contribution is -1.73. The predicted octanol–water partition coefficient (Wildman–Crippen LogP) is 1.31. The zero-order chi connectivity index (χ0) is 6.95. The van der Waals surface area contributed by atoms with Crippen LogP contribution in [0.15, 0.2) is 0 Å². The fourth-order valence-electron chi connectivity index (χ4n) is 0.382. The van der Waals surface area contributed by atoms with E-state index in [1.54, 1.807) is 0 Å². The van der Waals surface area contributed by atoms with Crippen molar-refractivity contribution < 1.29 is 9.53 Å². The van der Waals surface area contributed by atoms with Crippen LogP contribution in [0.2, 0.25) is 0 Å². The van der Waals surface area contributed by atoms with Crippen LogP contribution in [0.3, 0.4) is 0 Å². The van der Waals surface area contributed by atoms with Gasteiger partial charge in [-0.3, -0.25) is 4.79 Å². The summed E-state index contributed by atoms with van der Waals surface area (Å²) in [7, 11) is 0. The molecule has 0 heterocycles. The van der Waals surface area contributed by atoms with Crippen molar-refractivity contribution in [2.24, 2.45) is 0 Å². The first-order valence-corrected chi connectivity index (χ1v) is 2.99. The molecule has 0 atom stereocenters. The molecule has 0 unspecified atom stereocenters. The van der Waals surface area contributed by atoms with Crippen LogP contribution in [0.25, 0.3) is 0 Å². The van der Waals surface area contributed by atoms with E-state index in [-0.39, 0.29) is 0 Å². The lowest BCUT2D eigenvalue weighted by Gasteiger charge is -1.81. The minimum Gasteiger partial charge on any atom is -0.375 e. The van der Waals surface area contributed by atoms with Gasteiger partial charge in [0, 0.05) is 6.42 Å². The molecule has 0 saturated carbocycles. The van der Waals surface area contributed by atoms with Crippen LogP contribution in [0.4, 0.5) is 0 Å². The maximum Gasteiger partial charge on any atom is 0.307 e. The number of hydrogen-bond donors (Lipinski definition) is 0. The highest BCUT2D eigenvalue weighted by Crippen LogP contribution is 1.89. The van der Waals surface area contributed by atoms with Gasteiger partial charge in [-0.2, -0.15) is 0 Å². The van der Waals surface area contributed by atoms with Gasteiger partial charge in [0.1, 0.15) is 6.11 Å². The Morgan fingerprint density at radius 3 is 3.00 bits per heavy atom. The molecule has 2 nitrogen and oxygen atoms in total. The minimum absolute atomic E-state index is 0.332. The number of carbonyl (C=O) groups is 1. The topological polar surface area (TPSA) is 26.3 Å². The minimum atomic E-state index is 0.332. The molecule has 9 heavy (non-hydrogen) atoms. The molecule has 0 rings (SSSR count). The first-order chi connectivity index (χ1) is 4.41. The molecule has 2 heteroatoms. The largest absolute Gasteiger partial charge is 0.375 e. The lowest BCUT2D eigenvalue weighted by atomic mass is 10.3. The normalized spacial score (nSPS) is 7.22. The Morgan fingerprint density at radius 2 is 2.44 bits per heavy atom. The van der Waals surface area contributed by atoms with E-state index in [4.69, 9.17) is 0 Å². The van der Waals surface area contributed by atoms with Gasteiger partial charge in [-0.1, -0.05) is 19.3 Å². The van der Waals surface area contributed by atoms with Crippen LogP contribution >= 0.6 is 0 Å². The Balaban J connectivity index is 3.05. The molecule has 0 aliphatic heterocycles. The summed E-state index contributed by atoms with van der Waals surface area (Å²) in [6.45, 7) is 2.42. The summed E-state index contributed by atoms with van der Waals surface area (Å²) in [5.74, 6) is 2.68. The molecule has 0 amide bonds. The van der Waals surface area contributed by atoms with E-state index in [1.807, 2.05) is 0 Å². The van der Waals surface area contributed by atoms with Crippen molar-refractivity contribution in [1.82, 2.24) is 0 Å². The Kier molecular flexibility index (Phi) is 6.27. The zero-order valence-electron chi connectivity index (χ0n) is 5.52. The third kappa shape index (κ3) is 7.03. The van der Waals surface area contributed by atoms with Crippen molar-refractivity contribution in [2.75, 3.05) is 0 Å². The molecular formula is C7H10O2. The van der Waals surface area contributed by atoms with E-state index in [0.29, 0.717) is 6.47 Å². The van der Waals surface area contributed by atoms with Crippen molar-refractivity contribution >= 4 is 6.47 Å². The monoisotopic (exact) mass is 126 g/mol. The Morgan fingerprint density at radius 1 is 1.67 bits per heavy atom. The maximum absolute atomic E-state index is 9.51. The van der Waals surface area contributed by atoms with E-state index in [1.165, 1.54) is 0 Å². The summed E-state index contributed by atoms with van der Waals surface area (Å²) in [5.41, 5.74) is 0. The van der Waals surface area contributed by atoms with Gasteiger partial charge in [-0.05, 0) is 6.42 Å². The summed E-state index contributed by atoms with van der Waals surface area (Å²) in [6.07, 6.45) is 5.25. The number of rotatable bonds is 3. The fourth-order valence-corrected chi connectivity index (χ4v) is 0.382. The fraction of sp³-hybridized carbons (Fsp3) is 0.571. The molecule has 0 radical (unpaired) electrons. The van der Waals surface area contributed by atoms with Crippen LogP contribution < -0.4 is 0 Å². The van der Waals surface area contributed by atoms with E-state index in [9.17, 15) is 4.79 Å². The third-order valence-electron chi connectivity index (χ3n) is 0.835. The zero-order valence-corrected chi connectivity index (χ0v) is 5.52. The molecule has 0 N–H and O–H groups in total. The van der Waals surface area contributed by atoms with Crippen LogP contribution in [-0.4, -0.2) is 6.47 Å². The van der Waals surface area contributed by atoms with Crippen LogP contribution in [0, 0.1) is 12.0 Å². The number of carbonyl (C=O) groups excluding carboxylic acids is 1. The molecular weight excluding hydrogens is 116 g/mol. The van der Waals surface area contributed by atoms with Gasteiger partial charge in [0.15, 0.2) is 0 Å². The second-order valence-electron chi connectivity index (χ2n) is 1.60. The highest BCUT2D eigenvalue weighted by Gasteiger charge is 1.75. The maximum atomic E-state index is 9.51. The molecule has 0 aromatic rings. The number of hydrogen-bond acceptors (Lipinski definition) is 2. The van der Waals surface area contributed by atoms with Gasteiger partial charge in [0.25, 0.3) is 0 Å². The summed E-state index contributed by atoms with van der Waals surface area (Å²) in [4.78, 5) is 9.51. The van der Waals surface area contributed by atoms with Crippen LogP contribution in [0.5, 0.6) is 0 Å². The summed E-state index contributed by atoms with van der Waals surface area (Å²) < 4.78 is 4.14. The summed E-state index contributed by atoms with van der Waals surface area (Å²) >= 11 is 0. The Bertz CT molecular complexity index is 119. The number of ether oxygens (including phenoxy) is 1. The third-order valence-corrected chi connectivity index (χ3v) is 0.835. The van der Waals surface area contributed by atoms with Crippen LogP contribution in [0.1, 0.15) is 26.2 Å². The smallest absolute Gasteiger partial charge is 0.307 e. The van der Waals surface area contributed by atoms with E-state index in [2.05, 4.69) is 23.7 Å².